The zero-order valence-electron chi connectivity index (χ0n) is 12.5. The monoisotopic (exact) mass is 268 g/mol. The molecule has 0 aliphatic rings. The maximum Gasteiger partial charge on any atom is 0.119 e. The maximum atomic E-state index is 10.3. The molecule has 0 aromatic heterocycles. The second kappa shape index (κ2) is 7.14. The molecule has 1 atom stereocenters. The van der Waals surface area contributed by atoms with Gasteiger partial charge in [0.2, 0.25) is 0 Å². The molecule has 2 aromatic rings. The van der Waals surface area contributed by atoms with Gasteiger partial charge in [0.15, 0.2) is 0 Å². The van der Waals surface area contributed by atoms with Gasteiger partial charge in [0, 0.05) is 11.5 Å². The zero-order chi connectivity index (χ0) is 14.4. The molecular weight excluding hydrogens is 244 g/mol. The summed E-state index contributed by atoms with van der Waals surface area (Å²) in [5.41, 5.74) is 3.66. The van der Waals surface area contributed by atoms with Gasteiger partial charge >= 0.3 is 0 Å². The molecule has 2 aromatic carbocycles. The molecule has 20 heavy (non-hydrogen) atoms. The Hall–Kier alpha value is -1.76. The van der Waals surface area contributed by atoms with Crippen LogP contribution in [0.1, 0.15) is 55.7 Å². The smallest absolute Gasteiger partial charge is 0.119 e. The number of aryl methyl sites for hydroxylation is 1. The van der Waals surface area contributed by atoms with Crippen LogP contribution in [0.4, 0.5) is 0 Å². The summed E-state index contributed by atoms with van der Waals surface area (Å²) in [6, 6.07) is 16.6. The van der Waals surface area contributed by atoms with Gasteiger partial charge in [-0.2, -0.15) is 0 Å². The Morgan fingerprint density at radius 1 is 1.00 bits per heavy atom. The lowest BCUT2D eigenvalue weighted by Gasteiger charge is -2.20. The highest BCUT2D eigenvalue weighted by Crippen LogP contribution is 2.35. The molecular formula is C19H24O. The first-order valence-corrected chi connectivity index (χ1v) is 7.63. The van der Waals surface area contributed by atoms with Gasteiger partial charge in [-0.1, -0.05) is 69.2 Å². The number of hydrogen-bond acceptors (Lipinski definition) is 1. The van der Waals surface area contributed by atoms with Crippen LogP contribution in [0.15, 0.2) is 48.5 Å². The van der Waals surface area contributed by atoms with Gasteiger partial charge in [-0.25, -0.2) is 0 Å². The van der Waals surface area contributed by atoms with E-state index in [-0.39, 0.29) is 0 Å². The summed E-state index contributed by atoms with van der Waals surface area (Å²) in [6.07, 6.45) is 4.44. The topological polar surface area (TPSA) is 20.2 Å². The summed E-state index contributed by atoms with van der Waals surface area (Å²) in [5.74, 6) is 0.717. The molecule has 106 valence electrons. The summed E-state index contributed by atoms with van der Waals surface area (Å²) in [5, 5.41) is 10.3. The molecule has 1 nitrogen and oxygen atoms in total. The summed E-state index contributed by atoms with van der Waals surface area (Å²) < 4.78 is 0. The van der Waals surface area contributed by atoms with Crippen molar-refractivity contribution < 1.29 is 5.11 Å². The van der Waals surface area contributed by atoms with E-state index >= 15 is 0 Å². The molecule has 0 fully saturated rings. The predicted octanol–water partition coefficient (Wildman–Crippen LogP) is 5.28. The van der Waals surface area contributed by atoms with Crippen molar-refractivity contribution in [3.63, 3.8) is 0 Å². The van der Waals surface area contributed by atoms with Crippen LogP contribution in [0.3, 0.4) is 0 Å². The van der Waals surface area contributed by atoms with Gasteiger partial charge in [0.05, 0.1) is 0 Å². The first-order chi connectivity index (χ1) is 9.76. The van der Waals surface area contributed by atoms with Crippen LogP contribution in [0.2, 0.25) is 0 Å². The Morgan fingerprint density at radius 3 is 2.40 bits per heavy atom. The Balaban J connectivity index is 2.40. The SMILES string of the molecule is CCCCC(c1ccccc1)c1cc(CC)ccc1O. The van der Waals surface area contributed by atoms with E-state index in [1.165, 1.54) is 24.0 Å². The Kier molecular flexibility index (Phi) is 5.23. The van der Waals surface area contributed by atoms with Crippen LogP contribution in [-0.2, 0) is 6.42 Å². The van der Waals surface area contributed by atoms with Crippen molar-refractivity contribution in [2.24, 2.45) is 0 Å². The highest BCUT2D eigenvalue weighted by molar-refractivity contribution is 5.43. The Morgan fingerprint density at radius 2 is 1.75 bits per heavy atom. The molecule has 0 saturated heterocycles. The van der Waals surface area contributed by atoms with E-state index in [0.29, 0.717) is 11.7 Å². The quantitative estimate of drug-likeness (QED) is 0.756. The predicted molar refractivity (Wildman–Crippen MR) is 85.3 cm³/mol. The van der Waals surface area contributed by atoms with Crippen LogP contribution in [0, 0.1) is 0 Å². The van der Waals surface area contributed by atoms with Gasteiger partial charge in [-0.3, -0.25) is 0 Å². The lowest BCUT2D eigenvalue weighted by Crippen LogP contribution is -2.02. The standard InChI is InChI=1S/C19H24O/c1-3-5-11-17(16-9-7-6-8-10-16)18-14-15(4-2)12-13-19(18)20/h6-10,12-14,17,20H,3-5,11H2,1-2H3. The number of hydrogen-bond donors (Lipinski definition) is 1. The van der Waals surface area contributed by atoms with Crippen molar-refractivity contribution in [2.75, 3.05) is 0 Å². The van der Waals surface area contributed by atoms with E-state index in [9.17, 15) is 5.11 Å². The molecule has 1 unspecified atom stereocenters. The molecule has 1 heteroatoms. The average Bonchev–Trinajstić information content (AvgIpc) is 2.50. The first kappa shape index (κ1) is 14.6. The minimum Gasteiger partial charge on any atom is -0.508 e. The van der Waals surface area contributed by atoms with Gasteiger partial charge in [0.25, 0.3) is 0 Å². The lowest BCUT2D eigenvalue weighted by molar-refractivity contribution is 0.461. The third-order valence-electron chi connectivity index (χ3n) is 3.92. The molecule has 0 bridgehead atoms. The number of aromatic hydroxyl groups is 1. The Labute approximate surface area is 122 Å². The highest BCUT2D eigenvalue weighted by atomic mass is 16.3. The first-order valence-electron chi connectivity index (χ1n) is 7.63. The van der Waals surface area contributed by atoms with E-state index in [2.05, 4.69) is 44.2 Å². The number of rotatable bonds is 6. The summed E-state index contributed by atoms with van der Waals surface area (Å²) >= 11 is 0. The number of phenolic OH excluding ortho intramolecular Hbond substituents is 1. The van der Waals surface area contributed by atoms with Crippen molar-refractivity contribution in [1.29, 1.82) is 0 Å². The maximum absolute atomic E-state index is 10.3. The fourth-order valence-corrected chi connectivity index (χ4v) is 2.70. The van der Waals surface area contributed by atoms with E-state index in [1.54, 1.807) is 0 Å². The minimum atomic E-state index is 0.294. The third kappa shape index (κ3) is 3.41. The van der Waals surface area contributed by atoms with Crippen molar-refractivity contribution in [2.45, 2.75) is 45.4 Å². The number of phenols is 1. The summed E-state index contributed by atoms with van der Waals surface area (Å²) in [7, 11) is 0. The Bertz CT molecular complexity index is 531. The van der Waals surface area contributed by atoms with Crippen LogP contribution in [0.5, 0.6) is 5.75 Å². The molecule has 0 spiro atoms. The molecule has 1 N–H and O–H groups in total. The van der Waals surface area contributed by atoms with Gasteiger partial charge in [0.1, 0.15) is 5.75 Å². The molecule has 0 amide bonds. The summed E-state index contributed by atoms with van der Waals surface area (Å²) in [6.45, 7) is 4.37. The van der Waals surface area contributed by atoms with Crippen LogP contribution in [-0.4, -0.2) is 5.11 Å². The van der Waals surface area contributed by atoms with E-state index < -0.39 is 0 Å². The number of unbranched alkanes of at least 4 members (excludes halogenated alkanes) is 1. The van der Waals surface area contributed by atoms with Crippen LogP contribution in [0.25, 0.3) is 0 Å². The number of benzene rings is 2. The second-order valence-electron chi connectivity index (χ2n) is 5.35. The van der Waals surface area contributed by atoms with Crippen molar-refractivity contribution in [3.8, 4) is 5.75 Å². The highest BCUT2D eigenvalue weighted by Gasteiger charge is 2.17. The van der Waals surface area contributed by atoms with Crippen molar-refractivity contribution in [1.82, 2.24) is 0 Å². The van der Waals surface area contributed by atoms with Gasteiger partial charge < -0.3 is 5.11 Å². The van der Waals surface area contributed by atoms with Gasteiger partial charge in [-0.05, 0) is 30.0 Å². The van der Waals surface area contributed by atoms with E-state index in [4.69, 9.17) is 0 Å². The minimum absolute atomic E-state index is 0.294. The average molecular weight is 268 g/mol. The molecule has 0 aliphatic carbocycles. The molecule has 0 radical (unpaired) electrons. The van der Waals surface area contributed by atoms with Crippen molar-refractivity contribution >= 4 is 0 Å². The molecule has 2 rings (SSSR count). The normalized spacial score (nSPS) is 12.3. The third-order valence-corrected chi connectivity index (χ3v) is 3.92. The summed E-state index contributed by atoms with van der Waals surface area (Å²) in [4.78, 5) is 0. The molecule has 0 saturated carbocycles. The van der Waals surface area contributed by atoms with E-state index in [0.717, 1.165) is 18.4 Å². The fourth-order valence-electron chi connectivity index (χ4n) is 2.70. The largest absolute Gasteiger partial charge is 0.508 e. The van der Waals surface area contributed by atoms with E-state index in [1.807, 2.05) is 18.2 Å². The van der Waals surface area contributed by atoms with Gasteiger partial charge in [-0.15, -0.1) is 0 Å². The second-order valence-corrected chi connectivity index (χ2v) is 5.35. The molecule has 0 aliphatic heterocycles. The van der Waals surface area contributed by atoms with Crippen LogP contribution < -0.4 is 0 Å². The fraction of sp³-hybridized carbons (Fsp3) is 0.368. The van der Waals surface area contributed by atoms with Crippen LogP contribution >= 0.6 is 0 Å². The lowest BCUT2D eigenvalue weighted by atomic mass is 9.85. The zero-order valence-corrected chi connectivity index (χ0v) is 12.5. The van der Waals surface area contributed by atoms with Crippen molar-refractivity contribution in [3.05, 3.63) is 65.2 Å². The molecule has 0 heterocycles.